The van der Waals surface area contributed by atoms with Gasteiger partial charge in [0.05, 0.1) is 17.7 Å². The number of piperidine rings is 2. The summed E-state index contributed by atoms with van der Waals surface area (Å²) in [6.45, 7) is 6.03. The molecule has 2 fully saturated rings. The third-order valence-corrected chi connectivity index (χ3v) is 7.28. The Morgan fingerprint density at radius 1 is 1.12 bits per heavy atom. The van der Waals surface area contributed by atoms with Gasteiger partial charge in [-0.2, -0.15) is 0 Å². The van der Waals surface area contributed by atoms with Gasteiger partial charge in [0.25, 0.3) is 0 Å². The van der Waals surface area contributed by atoms with Gasteiger partial charge in [-0.15, -0.1) is 0 Å². The molecule has 0 saturated carbocycles. The molecule has 0 radical (unpaired) electrons. The van der Waals surface area contributed by atoms with E-state index in [1.54, 1.807) is 0 Å². The molecule has 1 spiro atoms. The molecule has 6 heteroatoms. The van der Waals surface area contributed by atoms with Gasteiger partial charge in [-0.1, -0.05) is 17.7 Å². The average Bonchev–Trinajstić information content (AvgIpc) is 2.81. The lowest BCUT2D eigenvalue weighted by Crippen LogP contribution is -2.53. The maximum atomic E-state index is 13.2. The van der Waals surface area contributed by atoms with Crippen LogP contribution < -0.4 is 4.74 Å². The fraction of sp³-hybridized carbons (Fsp3) is 0.500. The van der Waals surface area contributed by atoms with Crippen LogP contribution in [0.3, 0.4) is 0 Å². The van der Waals surface area contributed by atoms with Crippen molar-refractivity contribution < 1.29 is 14.3 Å². The van der Waals surface area contributed by atoms with Crippen LogP contribution in [0, 0.1) is 12.8 Å². The Morgan fingerprint density at radius 2 is 1.91 bits per heavy atom. The van der Waals surface area contributed by atoms with E-state index in [4.69, 9.17) is 4.74 Å². The highest BCUT2D eigenvalue weighted by Gasteiger charge is 2.44. The lowest BCUT2D eigenvalue weighted by molar-refractivity contribution is -0.140. The molecule has 2 aromatic rings. The molecule has 6 nitrogen and oxygen atoms in total. The number of ether oxygens (including phenoxy) is 1. The molecule has 0 bridgehead atoms. The van der Waals surface area contributed by atoms with Gasteiger partial charge >= 0.3 is 0 Å². The van der Waals surface area contributed by atoms with Crippen molar-refractivity contribution in [2.45, 2.75) is 51.2 Å². The van der Waals surface area contributed by atoms with Crippen LogP contribution in [-0.4, -0.2) is 58.3 Å². The fourth-order valence-electron chi connectivity index (χ4n) is 5.34. The number of aryl methyl sites for hydroxylation is 1. The van der Waals surface area contributed by atoms with E-state index in [-0.39, 0.29) is 17.6 Å². The van der Waals surface area contributed by atoms with Crippen LogP contribution in [-0.2, 0) is 11.3 Å². The maximum Gasteiger partial charge on any atom is 0.225 e. The normalized spacial score (nSPS) is 21.3. The molecule has 3 aliphatic rings. The smallest absolute Gasteiger partial charge is 0.225 e. The summed E-state index contributed by atoms with van der Waals surface area (Å²) in [5.74, 6) is 1.24. The van der Waals surface area contributed by atoms with Gasteiger partial charge in [0.2, 0.25) is 5.91 Å². The summed E-state index contributed by atoms with van der Waals surface area (Å²) in [6, 6.07) is 11.8. The van der Waals surface area contributed by atoms with Gasteiger partial charge in [-0.25, -0.2) is 0 Å². The lowest BCUT2D eigenvalue weighted by atomic mass is 9.81. The molecule has 168 valence electrons. The van der Waals surface area contributed by atoms with Crippen molar-refractivity contribution in [1.29, 1.82) is 0 Å². The van der Waals surface area contributed by atoms with Gasteiger partial charge in [0.1, 0.15) is 11.4 Å². The summed E-state index contributed by atoms with van der Waals surface area (Å²) in [7, 11) is 0. The molecule has 2 saturated heterocycles. The summed E-state index contributed by atoms with van der Waals surface area (Å²) in [6.07, 6.45) is 5.48. The zero-order chi connectivity index (χ0) is 22.1. The quantitative estimate of drug-likeness (QED) is 0.740. The second-order valence-corrected chi connectivity index (χ2v) is 9.58. The third-order valence-electron chi connectivity index (χ3n) is 7.28. The van der Waals surface area contributed by atoms with Gasteiger partial charge in [-0.05, 0) is 57.1 Å². The highest BCUT2D eigenvalue weighted by Crippen LogP contribution is 2.40. The number of carbonyl (C=O) groups is 2. The van der Waals surface area contributed by atoms with Crippen LogP contribution in [0.1, 0.15) is 53.7 Å². The van der Waals surface area contributed by atoms with E-state index in [1.807, 2.05) is 48.4 Å². The molecule has 5 rings (SSSR count). The first-order chi connectivity index (χ1) is 15.5. The molecular weight excluding hydrogens is 402 g/mol. The molecule has 1 aromatic carbocycles. The minimum absolute atomic E-state index is 0.0987. The molecule has 1 amide bonds. The van der Waals surface area contributed by atoms with E-state index in [9.17, 15) is 9.59 Å². The molecule has 0 aliphatic carbocycles. The second kappa shape index (κ2) is 8.66. The zero-order valence-corrected chi connectivity index (χ0v) is 18.8. The highest BCUT2D eigenvalue weighted by molar-refractivity contribution is 6.00. The molecule has 0 N–H and O–H groups in total. The summed E-state index contributed by atoms with van der Waals surface area (Å²) >= 11 is 0. The first kappa shape index (κ1) is 21.1. The van der Waals surface area contributed by atoms with Crippen LogP contribution in [0.2, 0.25) is 0 Å². The minimum Gasteiger partial charge on any atom is -0.486 e. The molecule has 1 aromatic heterocycles. The van der Waals surface area contributed by atoms with Crippen molar-refractivity contribution in [1.82, 2.24) is 14.8 Å². The van der Waals surface area contributed by atoms with Crippen molar-refractivity contribution in [3.63, 3.8) is 0 Å². The molecule has 3 aliphatic heterocycles. The van der Waals surface area contributed by atoms with E-state index in [1.165, 1.54) is 0 Å². The molecular formula is C26H31N3O3. The van der Waals surface area contributed by atoms with Crippen molar-refractivity contribution in [3.8, 4) is 5.75 Å². The molecule has 0 atom stereocenters. The number of amides is 1. The number of fused-ring (bicyclic) bond motifs is 1. The summed E-state index contributed by atoms with van der Waals surface area (Å²) in [5, 5.41) is 0. The van der Waals surface area contributed by atoms with Crippen molar-refractivity contribution in [2.24, 2.45) is 5.92 Å². The minimum atomic E-state index is -0.456. The summed E-state index contributed by atoms with van der Waals surface area (Å²) in [5.41, 5.74) is 2.40. The van der Waals surface area contributed by atoms with E-state index in [0.29, 0.717) is 30.8 Å². The topological polar surface area (TPSA) is 62.7 Å². The number of ketones is 1. The number of benzene rings is 1. The van der Waals surface area contributed by atoms with Crippen LogP contribution in [0.25, 0.3) is 0 Å². The number of likely N-dealkylation sites (tertiary alicyclic amines) is 2. The number of Topliss-reactive ketones (excluding diaryl/α,β-unsaturated/α-hetero) is 1. The number of carbonyl (C=O) groups excluding carboxylic acids is 2. The van der Waals surface area contributed by atoms with E-state index < -0.39 is 5.60 Å². The summed E-state index contributed by atoms with van der Waals surface area (Å²) < 4.78 is 6.36. The Morgan fingerprint density at radius 3 is 2.62 bits per heavy atom. The Hall–Kier alpha value is -2.73. The van der Waals surface area contributed by atoms with Crippen LogP contribution >= 0.6 is 0 Å². The highest BCUT2D eigenvalue weighted by atomic mass is 16.5. The van der Waals surface area contributed by atoms with Gasteiger partial charge < -0.3 is 9.64 Å². The second-order valence-electron chi connectivity index (χ2n) is 9.58. The Balaban J connectivity index is 1.14. The standard InChI is InChI=1S/C26H31N3O3/c1-19-5-6-24-22(16-19)23(30)17-26(32-24)9-14-29(15-10-26)25(31)20-7-12-28(13-8-20)18-21-4-2-3-11-27-21/h2-6,11,16,20H,7-10,12-15,17-18H2,1H3. The van der Waals surface area contributed by atoms with Crippen molar-refractivity contribution in [3.05, 3.63) is 59.4 Å². The predicted octanol–water partition coefficient (Wildman–Crippen LogP) is 3.63. The number of aromatic nitrogens is 1. The molecule has 32 heavy (non-hydrogen) atoms. The first-order valence-electron chi connectivity index (χ1n) is 11.8. The Bertz CT molecular complexity index is 991. The monoisotopic (exact) mass is 433 g/mol. The number of hydrogen-bond donors (Lipinski definition) is 0. The van der Waals surface area contributed by atoms with Crippen LogP contribution in [0.4, 0.5) is 0 Å². The zero-order valence-electron chi connectivity index (χ0n) is 18.8. The number of rotatable bonds is 3. The Labute approximate surface area is 189 Å². The van der Waals surface area contributed by atoms with Gasteiger partial charge in [0, 0.05) is 44.6 Å². The van der Waals surface area contributed by atoms with E-state index in [0.717, 1.165) is 56.6 Å². The number of nitrogens with zero attached hydrogens (tertiary/aromatic N) is 3. The first-order valence-corrected chi connectivity index (χ1v) is 11.8. The van der Waals surface area contributed by atoms with E-state index >= 15 is 0 Å². The van der Waals surface area contributed by atoms with Crippen LogP contribution in [0.15, 0.2) is 42.6 Å². The largest absolute Gasteiger partial charge is 0.486 e. The number of pyridine rings is 1. The van der Waals surface area contributed by atoms with Crippen molar-refractivity contribution >= 4 is 11.7 Å². The Kier molecular flexibility index (Phi) is 5.72. The molecule has 4 heterocycles. The fourth-order valence-corrected chi connectivity index (χ4v) is 5.34. The average molecular weight is 434 g/mol. The van der Waals surface area contributed by atoms with Crippen LogP contribution in [0.5, 0.6) is 5.75 Å². The molecule has 0 unspecified atom stereocenters. The third kappa shape index (κ3) is 4.29. The maximum absolute atomic E-state index is 13.2. The SMILES string of the molecule is Cc1ccc2c(c1)C(=O)CC1(CCN(C(=O)C3CCN(Cc4ccccn4)CC3)CC1)O2. The number of hydrogen-bond acceptors (Lipinski definition) is 5. The lowest BCUT2D eigenvalue weighted by Gasteiger charge is -2.45. The van der Waals surface area contributed by atoms with Crippen molar-refractivity contribution in [2.75, 3.05) is 26.2 Å². The van der Waals surface area contributed by atoms with Gasteiger partial charge in [-0.3, -0.25) is 19.5 Å². The van der Waals surface area contributed by atoms with E-state index in [2.05, 4.69) is 16.0 Å². The van der Waals surface area contributed by atoms with Gasteiger partial charge in [0.15, 0.2) is 5.78 Å². The predicted molar refractivity (Wildman–Crippen MR) is 122 cm³/mol. The summed E-state index contributed by atoms with van der Waals surface area (Å²) in [4.78, 5) is 34.7.